The molecule has 1 N–H and O–H groups in total. The zero-order valence-electron chi connectivity index (χ0n) is 16.0. The normalized spacial score (nSPS) is 22.8. The number of nitrogens with zero attached hydrogens (tertiary/aromatic N) is 2. The van der Waals surface area contributed by atoms with Gasteiger partial charge in [-0.05, 0) is 48.0 Å². The maximum Gasteiger partial charge on any atom is 0.266 e. The van der Waals surface area contributed by atoms with Gasteiger partial charge in [0.05, 0.1) is 22.4 Å². The fraction of sp³-hybridized carbons (Fsp3) is 0.130. The van der Waals surface area contributed by atoms with Crippen LogP contribution in [-0.4, -0.2) is 23.0 Å². The van der Waals surface area contributed by atoms with Crippen molar-refractivity contribution in [2.75, 3.05) is 9.96 Å². The summed E-state index contributed by atoms with van der Waals surface area (Å²) in [6.45, 7) is 0. The molecule has 31 heavy (non-hydrogen) atoms. The molecule has 2 saturated heterocycles. The number of fused-ring (bicyclic) bond motifs is 1. The summed E-state index contributed by atoms with van der Waals surface area (Å²) in [5.41, 5.74) is 1.72. The lowest BCUT2D eigenvalue weighted by Gasteiger charge is -2.29. The fourth-order valence-corrected chi connectivity index (χ4v) is 4.62. The third kappa shape index (κ3) is 3.24. The Bertz CT molecular complexity index is 1170. The molecule has 2 fully saturated rings. The van der Waals surface area contributed by atoms with Crippen molar-refractivity contribution in [2.24, 2.45) is 5.92 Å². The number of hydroxylamine groups is 1. The first-order valence-corrected chi connectivity index (χ1v) is 10.3. The molecule has 0 spiro atoms. The molecular weight excluding hydrogens is 439 g/mol. The van der Waals surface area contributed by atoms with E-state index in [1.807, 2.05) is 30.3 Å². The molecule has 2 aliphatic heterocycles. The number of phenols is 1. The Morgan fingerprint density at radius 3 is 2.26 bits per heavy atom. The highest BCUT2D eigenvalue weighted by molar-refractivity contribution is 6.38. The van der Waals surface area contributed by atoms with E-state index in [0.717, 1.165) is 10.5 Å². The average molecular weight is 455 g/mol. The number of phenolic OH excluding ortho intramolecular Hbond substituents is 1. The molecule has 6 nitrogen and oxygen atoms in total. The van der Waals surface area contributed by atoms with E-state index in [4.69, 9.17) is 28.0 Å². The third-order valence-corrected chi connectivity index (χ3v) is 6.05. The summed E-state index contributed by atoms with van der Waals surface area (Å²) in [5.74, 6) is -1.57. The molecule has 0 unspecified atom stereocenters. The van der Waals surface area contributed by atoms with Crippen LogP contribution in [0.2, 0.25) is 10.0 Å². The zero-order valence-corrected chi connectivity index (χ0v) is 17.5. The third-order valence-electron chi connectivity index (χ3n) is 5.51. The van der Waals surface area contributed by atoms with Crippen molar-refractivity contribution in [1.82, 2.24) is 0 Å². The maximum absolute atomic E-state index is 13.5. The summed E-state index contributed by atoms with van der Waals surface area (Å²) >= 11 is 12.3. The smallest absolute Gasteiger partial charge is 0.266 e. The Hall–Kier alpha value is -3.06. The molecule has 0 radical (unpaired) electrons. The maximum atomic E-state index is 13.5. The molecule has 0 aromatic heterocycles. The average Bonchev–Trinajstić information content (AvgIpc) is 3.26. The summed E-state index contributed by atoms with van der Waals surface area (Å²) in [5, 5.41) is 11.9. The molecule has 3 atom stereocenters. The minimum absolute atomic E-state index is 0.105. The van der Waals surface area contributed by atoms with Crippen molar-refractivity contribution in [3.05, 3.63) is 88.4 Å². The van der Waals surface area contributed by atoms with Gasteiger partial charge >= 0.3 is 0 Å². The summed E-state index contributed by atoms with van der Waals surface area (Å²) < 4.78 is 0. The summed E-state index contributed by atoms with van der Waals surface area (Å²) in [7, 11) is 0. The van der Waals surface area contributed by atoms with Crippen molar-refractivity contribution >= 4 is 46.4 Å². The van der Waals surface area contributed by atoms with Crippen molar-refractivity contribution in [3.63, 3.8) is 0 Å². The van der Waals surface area contributed by atoms with E-state index in [-0.39, 0.29) is 16.5 Å². The number of halogens is 2. The monoisotopic (exact) mass is 454 g/mol. The molecule has 0 saturated carbocycles. The van der Waals surface area contributed by atoms with Gasteiger partial charge in [-0.3, -0.25) is 14.4 Å². The highest BCUT2D eigenvalue weighted by Gasteiger charge is 2.60. The van der Waals surface area contributed by atoms with E-state index in [2.05, 4.69) is 0 Å². The topological polar surface area (TPSA) is 70.1 Å². The van der Waals surface area contributed by atoms with Gasteiger partial charge in [0.2, 0.25) is 5.91 Å². The van der Waals surface area contributed by atoms with E-state index < -0.39 is 29.9 Å². The van der Waals surface area contributed by atoms with E-state index in [9.17, 15) is 14.7 Å². The lowest BCUT2D eigenvalue weighted by Crippen LogP contribution is -2.37. The first-order chi connectivity index (χ1) is 15.0. The van der Waals surface area contributed by atoms with Gasteiger partial charge in [-0.2, -0.15) is 0 Å². The van der Waals surface area contributed by atoms with Crippen LogP contribution in [0.1, 0.15) is 11.6 Å². The van der Waals surface area contributed by atoms with E-state index in [1.165, 1.54) is 6.07 Å². The molecule has 156 valence electrons. The van der Waals surface area contributed by atoms with Crippen LogP contribution in [0.5, 0.6) is 5.75 Å². The number of rotatable bonds is 3. The van der Waals surface area contributed by atoms with Crippen LogP contribution in [0.3, 0.4) is 0 Å². The summed E-state index contributed by atoms with van der Waals surface area (Å²) in [4.78, 5) is 33.9. The summed E-state index contributed by atoms with van der Waals surface area (Å²) in [6, 6.07) is 19.8. The molecule has 2 heterocycles. The van der Waals surface area contributed by atoms with E-state index in [0.29, 0.717) is 10.7 Å². The SMILES string of the molecule is O=C1[C@@H]2[C@@H](c3ccc(O)cc3)N(c3ccccc3)O[C@H]2C(=O)N1c1ccc(Cl)cc1Cl. The van der Waals surface area contributed by atoms with Crippen molar-refractivity contribution < 1.29 is 19.5 Å². The molecule has 3 aromatic rings. The number of carbonyl (C=O) groups is 2. The number of benzene rings is 3. The first kappa shape index (κ1) is 19.9. The highest BCUT2D eigenvalue weighted by Crippen LogP contribution is 2.48. The van der Waals surface area contributed by atoms with Crippen LogP contribution in [0.15, 0.2) is 72.8 Å². The standard InChI is InChI=1S/C23H16Cl2N2O4/c24-14-8-11-18(17(25)12-14)26-22(29)19-20(13-6-9-16(28)10-7-13)27(31-21(19)23(26)30)15-4-2-1-3-5-15/h1-12,19-21,28H/t19-,20-,21-/m1/s1. The molecule has 3 aromatic carbocycles. The molecule has 0 aliphatic carbocycles. The number of amides is 2. The van der Waals surface area contributed by atoms with Gasteiger partial charge in [0, 0.05) is 5.02 Å². The summed E-state index contributed by atoms with van der Waals surface area (Å²) in [6.07, 6.45) is -1.00. The lowest BCUT2D eigenvalue weighted by atomic mass is 9.90. The van der Waals surface area contributed by atoms with Gasteiger partial charge in [-0.1, -0.05) is 53.5 Å². The van der Waals surface area contributed by atoms with Crippen LogP contribution in [0.4, 0.5) is 11.4 Å². The van der Waals surface area contributed by atoms with Crippen LogP contribution in [-0.2, 0) is 14.4 Å². The van der Waals surface area contributed by atoms with Crippen molar-refractivity contribution in [1.29, 1.82) is 0 Å². The molecular formula is C23H16Cl2N2O4. The number of anilines is 2. The largest absolute Gasteiger partial charge is 0.508 e. The van der Waals surface area contributed by atoms with Crippen LogP contribution in [0, 0.1) is 5.92 Å². The quantitative estimate of drug-likeness (QED) is 0.578. The van der Waals surface area contributed by atoms with Gasteiger partial charge < -0.3 is 5.11 Å². The Balaban J connectivity index is 1.59. The lowest BCUT2D eigenvalue weighted by molar-refractivity contribution is -0.126. The Morgan fingerprint density at radius 1 is 0.871 bits per heavy atom. The van der Waals surface area contributed by atoms with Gasteiger partial charge in [0.15, 0.2) is 6.10 Å². The number of hydrogen-bond donors (Lipinski definition) is 1. The Kier molecular flexibility index (Phi) is 4.85. The van der Waals surface area contributed by atoms with E-state index in [1.54, 1.807) is 41.5 Å². The van der Waals surface area contributed by atoms with Gasteiger partial charge in [-0.15, -0.1) is 0 Å². The predicted octanol–water partition coefficient (Wildman–Crippen LogP) is 4.75. The van der Waals surface area contributed by atoms with Crippen LogP contribution >= 0.6 is 23.2 Å². The first-order valence-electron chi connectivity index (χ1n) is 9.58. The second kappa shape index (κ2) is 7.57. The van der Waals surface area contributed by atoms with Crippen molar-refractivity contribution in [3.8, 4) is 5.75 Å². The Morgan fingerprint density at radius 2 is 1.58 bits per heavy atom. The van der Waals surface area contributed by atoms with Gasteiger partial charge in [0.1, 0.15) is 11.7 Å². The number of hydrogen-bond acceptors (Lipinski definition) is 5. The fourth-order valence-electron chi connectivity index (χ4n) is 4.12. The van der Waals surface area contributed by atoms with Gasteiger partial charge in [0.25, 0.3) is 5.91 Å². The van der Waals surface area contributed by atoms with Gasteiger partial charge in [-0.25, -0.2) is 9.96 Å². The van der Waals surface area contributed by atoms with Crippen LogP contribution in [0.25, 0.3) is 0 Å². The predicted molar refractivity (Wildman–Crippen MR) is 117 cm³/mol. The molecule has 8 heteroatoms. The highest BCUT2D eigenvalue weighted by atomic mass is 35.5. The van der Waals surface area contributed by atoms with Crippen molar-refractivity contribution in [2.45, 2.75) is 12.1 Å². The minimum Gasteiger partial charge on any atom is -0.508 e. The van der Waals surface area contributed by atoms with Crippen LogP contribution < -0.4 is 9.96 Å². The number of para-hydroxylation sites is 1. The zero-order chi connectivity index (χ0) is 21.7. The molecule has 2 amide bonds. The number of aromatic hydroxyl groups is 1. The molecule has 5 rings (SSSR count). The molecule has 0 bridgehead atoms. The minimum atomic E-state index is -1.00. The second-order valence-corrected chi connectivity index (χ2v) is 8.20. The molecule has 2 aliphatic rings. The second-order valence-electron chi connectivity index (χ2n) is 7.36. The van der Waals surface area contributed by atoms with E-state index >= 15 is 0 Å². The Labute approximate surface area is 188 Å². The number of imide groups is 1. The number of carbonyl (C=O) groups excluding carboxylic acids is 2.